The highest BCUT2D eigenvalue weighted by Gasteiger charge is 2.50. The van der Waals surface area contributed by atoms with Gasteiger partial charge in [0.15, 0.2) is 17.8 Å². The van der Waals surface area contributed by atoms with Crippen LogP contribution in [0.3, 0.4) is 0 Å². The topological polar surface area (TPSA) is 229 Å². The van der Waals surface area contributed by atoms with Crippen LogP contribution in [0.5, 0.6) is 17.2 Å². The molecule has 2 aliphatic rings. The fourth-order valence-electron chi connectivity index (χ4n) is 4.79. The molecule has 0 amide bonds. The first-order valence-electron chi connectivity index (χ1n) is 12.7. The van der Waals surface area contributed by atoms with Crippen LogP contribution in [0.1, 0.15) is 6.92 Å². The average molecular weight is 579 g/mol. The van der Waals surface area contributed by atoms with Gasteiger partial charge in [-0.1, -0.05) is 0 Å². The molecule has 2 saturated heterocycles. The second kappa shape index (κ2) is 11.5. The lowest BCUT2D eigenvalue weighted by atomic mass is 9.97. The Balaban J connectivity index is 1.47. The van der Waals surface area contributed by atoms with Crippen molar-refractivity contribution in [1.82, 2.24) is 0 Å². The summed E-state index contributed by atoms with van der Waals surface area (Å²) in [4.78, 5) is 12.8. The normalized spacial score (nSPS) is 34.0. The summed E-state index contributed by atoms with van der Waals surface area (Å²) in [7, 11) is 0. The first-order valence-corrected chi connectivity index (χ1v) is 12.7. The van der Waals surface area contributed by atoms with E-state index in [1.807, 2.05) is 0 Å². The van der Waals surface area contributed by atoms with Crippen LogP contribution in [0.4, 0.5) is 0 Å². The van der Waals surface area contributed by atoms with Gasteiger partial charge >= 0.3 is 0 Å². The van der Waals surface area contributed by atoms with Crippen molar-refractivity contribution in [1.29, 1.82) is 0 Å². The van der Waals surface area contributed by atoms with Crippen LogP contribution in [-0.4, -0.2) is 109 Å². The Kier molecular flexibility index (Phi) is 8.20. The van der Waals surface area contributed by atoms with Gasteiger partial charge in [0.25, 0.3) is 0 Å². The SMILES string of the molecule is C[C@H]1O[C@@H](O[C@@H]2[C@@H](Oc3cc(O)c4c(=O)cc(-c5ccc(O)cc5)oc4c3)O[C@@H](CO)[C@H](O)[C@H]2O)[C@H](O)[C@@H](O)[C@H]1O. The van der Waals surface area contributed by atoms with E-state index in [9.17, 15) is 45.6 Å². The predicted molar refractivity (Wildman–Crippen MR) is 137 cm³/mol. The summed E-state index contributed by atoms with van der Waals surface area (Å²) in [6, 6.07) is 9.38. The van der Waals surface area contributed by atoms with E-state index in [2.05, 4.69) is 0 Å². The number of ether oxygens (including phenoxy) is 4. The minimum absolute atomic E-state index is 0.00857. The Morgan fingerprint density at radius 2 is 1.54 bits per heavy atom. The average Bonchev–Trinajstić information content (AvgIpc) is 2.94. The maximum absolute atomic E-state index is 12.8. The van der Waals surface area contributed by atoms with Crippen molar-refractivity contribution >= 4 is 11.0 Å². The molecule has 0 saturated carbocycles. The maximum atomic E-state index is 12.8. The van der Waals surface area contributed by atoms with Gasteiger partial charge in [0.05, 0.1) is 12.7 Å². The van der Waals surface area contributed by atoms with Gasteiger partial charge in [0.1, 0.15) is 70.6 Å². The Hall–Kier alpha value is -3.31. The molecule has 10 atom stereocenters. The molecule has 14 nitrogen and oxygen atoms in total. The van der Waals surface area contributed by atoms with E-state index in [1.165, 1.54) is 43.3 Å². The van der Waals surface area contributed by atoms with Crippen LogP contribution >= 0.6 is 0 Å². The molecule has 222 valence electrons. The molecular weight excluding hydrogens is 548 g/mol. The van der Waals surface area contributed by atoms with Gasteiger partial charge in [-0.25, -0.2) is 0 Å². The molecule has 2 aliphatic heterocycles. The minimum Gasteiger partial charge on any atom is -0.508 e. The van der Waals surface area contributed by atoms with E-state index >= 15 is 0 Å². The van der Waals surface area contributed by atoms with Gasteiger partial charge in [0, 0.05) is 23.8 Å². The van der Waals surface area contributed by atoms with Crippen LogP contribution in [0.25, 0.3) is 22.3 Å². The quantitative estimate of drug-likeness (QED) is 0.174. The number of rotatable bonds is 6. The van der Waals surface area contributed by atoms with Crippen molar-refractivity contribution in [3.8, 4) is 28.6 Å². The van der Waals surface area contributed by atoms with E-state index in [0.29, 0.717) is 5.56 Å². The van der Waals surface area contributed by atoms with Crippen molar-refractivity contribution in [2.75, 3.05) is 6.61 Å². The highest BCUT2D eigenvalue weighted by molar-refractivity contribution is 5.86. The van der Waals surface area contributed by atoms with Crippen molar-refractivity contribution in [3.63, 3.8) is 0 Å². The smallest absolute Gasteiger partial charge is 0.229 e. The summed E-state index contributed by atoms with van der Waals surface area (Å²) >= 11 is 0. The van der Waals surface area contributed by atoms with Crippen LogP contribution in [0, 0.1) is 0 Å². The molecule has 2 aromatic carbocycles. The van der Waals surface area contributed by atoms with E-state index in [4.69, 9.17) is 23.4 Å². The van der Waals surface area contributed by atoms with Crippen molar-refractivity contribution < 1.29 is 64.2 Å². The molecule has 41 heavy (non-hydrogen) atoms. The van der Waals surface area contributed by atoms with E-state index in [-0.39, 0.29) is 28.2 Å². The second-order valence-corrected chi connectivity index (χ2v) is 9.94. The number of phenols is 2. The summed E-state index contributed by atoms with van der Waals surface area (Å²) < 4.78 is 28.4. The highest BCUT2D eigenvalue weighted by Crippen LogP contribution is 2.35. The van der Waals surface area contributed by atoms with Crippen LogP contribution in [0.15, 0.2) is 51.7 Å². The number of fused-ring (bicyclic) bond motifs is 1. The molecule has 0 bridgehead atoms. The minimum atomic E-state index is -1.76. The third-order valence-electron chi connectivity index (χ3n) is 7.11. The number of aliphatic hydroxyl groups excluding tert-OH is 6. The molecular formula is C27H30O14. The lowest BCUT2D eigenvalue weighted by Gasteiger charge is -2.45. The van der Waals surface area contributed by atoms with Gasteiger partial charge < -0.3 is 64.2 Å². The number of phenolic OH excluding ortho intramolecular Hbond substituents is 2. The van der Waals surface area contributed by atoms with Gasteiger partial charge in [-0.15, -0.1) is 0 Å². The van der Waals surface area contributed by atoms with Crippen molar-refractivity contribution in [2.45, 2.75) is 68.3 Å². The molecule has 3 aromatic rings. The van der Waals surface area contributed by atoms with Crippen molar-refractivity contribution in [3.05, 3.63) is 52.7 Å². The Morgan fingerprint density at radius 1 is 0.829 bits per heavy atom. The Labute approximate surface area is 231 Å². The molecule has 1 aromatic heterocycles. The van der Waals surface area contributed by atoms with E-state index in [0.717, 1.165) is 6.07 Å². The highest BCUT2D eigenvalue weighted by atomic mass is 16.8. The van der Waals surface area contributed by atoms with Gasteiger partial charge in [-0.05, 0) is 31.2 Å². The molecule has 0 radical (unpaired) electrons. The summed E-state index contributed by atoms with van der Waals surface area (Å²) in [6.07, 6.45) is -15.3. The molecule has 0 spiro atoms. The summed E-state index contributed by atoms with van der Waals surface area (Å²) in [5, 5.41) is 81.4. The van der Waals surface area contributed by atoms with Crippen LogP contribution in [0.2, 0.25) is 0 Å². The predicted octanol–water partition coefficient (Wildman–Crippen LogP) is -1.10. The van der Waals surface area contributed by atoms with Gasteiger partial charge in [-0.2, -0.15) is 0 Å². The largest absolute Gasteiger partial charge is 0.508 e. The molecule has 3 heterocycles. The summed E-state index contributed by atoms with van der Waals surface area (Å²) in [6.45, 7) is 0.704. The Bertz CT molecular complexity index is 1420. The lowest BCUT2D eigenvalue weighted by Crippen LogP contribution is -2.64. The lowest BCUT2D eigenvalue weighted by molar-refractivity contribution is -0.354. The number of aliphatic hydroxyl groups is 6. The fraction of sp³-hybridized carbons (Fsp3) is 0.444. The third-order valence-corrected chi connectivity index (χ3v) is 7.11. The third kappa shape index (κ3) is 5.61. The first-order chi connectivity index (χ1) is 19.5. The molecule has 2 fully saturated rings. The Morgan fingerprint density at radius 3 is 2.22 bits per heavy atom. The van der Waals surface area contributed by atoms with Crippen LogP contribution in [-0.2, 0) is 14.2 Å². The number of hydrogen-bond donors (Lipinski definition) is 8. The van der Waals surface area contributed by atoms with Crippen LogP contribution < -0.4 is 10.2 Å². The molecule has 14 heteroatoms. The number of aromatic hydroxyl groups is 2. The molecule has 0 aliphatic carbocycles. The standard InChI is InChI=1S/C27H30O14/c1-10-20(32)22(34)24(36)26(37-10)41-25-23(35)21(33)18(9-28)40-27(25)38-13-6-14(30)19-15(31)8-16(39-17(19)7-13)11-2-4-12(29)5-3-11/h2-8,10,18,20-30,32-36H,9H2,1H3/t10-,18+,20+,21+,22+,23-,24-,25+,26+,27+/m1/s1. The zero-order valence-electron chi connectivity index (χ0n) is 21.5. The van der Waals surface area contributed by atoms with Gasteiger partial charge in [-0.3, -0.25) is 4.79 Å². The summed E-state index contributed by atoms with van der Waals surface area (Å²) in [5.41, 5.74) is -0.182. The summed E-state index contributed by atoms with van der Waals surface area (Å²) in [5.74, 6) is -0.498. The maximum Gasteiger partial charge on any atom is 0.229 e. The van der Waals surface area contributed by atoms with E-state index < -0.39 is 79.2 Å². The van der Waals surface area contributed by atoms with E-state index in [1.54, 1.807) is 0 Å². The zero-order chi connectivity index (χ0) is 29.6. The molecule has 5 rings (SSSR count). The monoisotopic (exact) mass is 578 g/mol. The number of benzene rings is 2. The van der Waals surface area contributed by atoms with Gasteiger partial charge in [0.2, 0.25) is 6.29 Å². The first kappa shape index (κ1) is 29.2. The number of hydrogen-bond acceptors (Lipinski definition) is 14. The molecule has 0 unspecified atom stereocenters. The zero-order valence-corrected chi connectivity index (χ0v) is 21.5. The second-order valence-electron chi connectivity index (χ2n) is 9.94. The fourth-order valence-corrected chi connectivity index (χ4v) is 4.79. The molecule has 8 N–H and O–H groups in total. The van der Waals surface area contributed by atoms with Crippen molar-refractivity contribution in [2.24, 2.45) is 0 Å².